The summed E-state index contributed by atoms with van der Waals surface area (Å²) in [6.45, 7) is 1.35. The minimum absolute atomic E-state index is 0.00674. The molecule has 2 unspecified atom stereocenters. The van der Waals surface area contributed by atoms with E-state index in [4.69, 9.17) is 4.74 Å². The molecule has 0 saturated carbocycles. The number of aromatic nitrogens is 4. The minimum Gasteiger partial charge on any atom is -0.449 e. The van der Waals surface area contributed by atoms with Gasteiger partial charge in [0.1, 0.15) is 24.6 Å². The lowest BCUT2D eigenvalue weighted by Crippen LogP contribution is -2.37. The van der Waals surface area contributed by atoms with E-state index in [9.17, 15) is 24.6 Å². The lowest BCUT2D eigenvalue weighted by atomic mass is 9.98. The maximum Gasteiger partial charge on any atom is 0.407 e. The molecule has 1 amide bonds. The Labute approximate surface area is 222 Å². The normalized spacial score (nSPS) is 13.7. The number of aliphatic hydroxyl groups excluding tert-OH is 2. The van der Waals surface area contributed by atoms with Gasteiger partial charge >= 0.3 is 11.8 Å². The zero-order valence-electron chi connectivity index (χ0n) is 21.3. The van der Waals surface area contributed by atoms with E-state index in [-0.39, 0.29) is 42.6 Å². The predicted octanol–water partition coefficient (Wildman–Crippen LogP) is 1.38. The van der Waals surface area contributed by atoms with Crippen molar-refractivity contribution in [2.45, 2.75) is 31.6 Å². The standard InChI is InChI=1S/C28H27N5O6/c1-3-4-13-33-22-24(32(2)27(37)31-26(22)36)30-25(33)23(35)21(34)14-29-28(38)39-15-20-18-11-7-5-9-16(18)17-10-6-8-12-19(17)20/h5-12,20-21,23,34-35H,13-15H2,1-2H3,(H,29,38)(H,31,36,37). The molecule has 0 spiro atoms. The molecule has 0 bridgehead atoms. The Bertz CT molecular complexity index is 1700. The van der Waals surface area contributed by atoms with Gasteiger partial charge in [0.05, 0.1) is 6.54 Å². The number of nitrogens with zero attached hydrogens (tertiary/aromatic N) is 3. The van der Waals surface area contributed by atoms with Crippen LogP contribution in [0.2, 0.25) is 0 Å². The van der Waals surface area contributed by atoms with Gasteiger partial charge in [-0.2, -0.15) is 0 Å². The summed E-state index contributed by atoms with van der Waals surface area (Å²) in [6.07, 6.45) is -3.85. The quantitative estimate of drug-likeness (QED) is 0.264. The number of aryl methyl sites for hydroxylation is 1. The number of nitrogens with one attached hydrogen (secondary N) is 2. The molecule has 4 N–H and O–H groups in total. The third-order valence-electron chi connectivity index (χ3n) is 6.88. The van der Waals surface area contributed by atoms with Crippen LogP contribution in [0.4, 0.5) is 4.79 Å². The van der Waals surface area contributed by atoms with Crippen molar-refractivity contribution in [3.8, 4) is 23.0 Å². The van der Waals surface area contributed by atoms with Gasteiger partial charge in [-0.15, -0.1) is 5.92 Å². The maximum atomic E-state index is 12.5. The van der Waals surface area contributed by atoms with E-state index in [1.807, 2.05) is 48.5 Å². The smallest absolute Gasteiger partial charge is 0.407 e. The highest BCUT2D eigenvalue weighted by molar-refractivity contribution is 5.79. The first kappa shape index (κ1) is 26.0. The highest BCUT2D eigenvalue weighted by Gasteiger charge is 2.30. The molecule has 11 nitrogen and oxygen atoms in total. The number of aliphatic hydroxyl groups is 2. The zero-order chi connectivity index (χ0) is 27.7. The lowest BCUT2D eigenvalue weighted by molar-refractivity contribution is 0.0119. The monoisotopic (exact) mass is 529 g/mol. The van der Waals surface area contributed by atoms with Gasteiger partial charge in [-0.05, 0) is 29.2 Å². The number of rotatable bonds is 7. The van der Waals surface area contributed by atoms with E-state index in [2.05, 4.69) is 27.1 Å². The summed E-state index contributed by atoms with van der Waals surface area (Å²) in [6, 6.07) is 15.9. The van der Waals surface area contributed by atoms with Gasteiger partial charge in [0.15, 0.2) is 11.2 Å². The number of hydrogen-bond acceptors (Lipinski definition) is 7. The van der Waals surface area contributed by atoms with Crippen molar-refractivity contribution >= 4 is 17.3 Å². The molecule has 0 aliphatic heterocycles. The van der Waals surface area contributed by atoms with E-state index in [0.717, 1.165) is 26.8 Å². The van der Waals surface area contributed by atoms with Gasteiger partial charge < -0.3 is 24.8 Å². The lowest BCUT2D eigenvalue weighted by Gasteiger charge is -2.19. The average Bonchev–Trinajstić information content (AvgIpc) is 3.48. The van der Waals surface area contributed by atoms with Crippen LogP contribution in [0.25, 0.3) is 22.3 Å². The Morgan fingerprint density at radius 3 is 2.41 bits per heavy atom. The van der Waals surface area contributed by atoms with Crippen LogP contribution in [0.15, 0.2) is 58.1 Å². The first-order valence-electron chi connectivity index (χ1n) is 12.4. The Morgan fingerprint density at radius 1 is 1.13 bits per heavy atom. The summed E-state index contributed by atoms with van der Waals surface area (Å²) in [5, 5.41) is 24.0. The second-order valence-corrected chi connectivity index (χ2v) is 9.19. The molecule has 11 heteroatoms. The maximum absolute atomic E-state index is 12.5. The molecule has 1 aliphatic rings. The number of aromatic amines is 1. The van der Waals surface area contributed by atoms with Crippen LogP contribution in [0.1, 0.15) is 35.9 Å². The van der Waals surface area contributed by atoms with Gasteiger partial charge in [0.2, 0.25) is 0 Å². The number of imidazole rings is 1. The molecule has 200 valence electrons. The summed E-state index contributed by atoms with van der Waals surface area (Å²) in [5.41, 5.74) is 3.06. The fourth-order valence-corrected chi connectivity index (χ4v) is 4.92. The van der Waals surface area contributed by atoms with E-state index in [0.29, 0.717) is 0 Å². The van der Waals surface area contributed by atoms with Crippen LogP contribution >= 0.6 is 0 Å². The number of benzene rings is 2. The molecule has 5 rings (SSSR count). The van der Waals surface area contributed by atoms with Gasteiger partial charge in [-0.3, -0.25) is 14.3 Å². The van der Waals surface area contributed by atoms with Crippen molar-refractivity contribution in [2.24, 2.45) is 7.05 Å². The fraction of sp³-hybridized carbons (Fsp3) is 0.286. The highest BCUT2D eigenvalue weighted by Crippen LogP contribution is 2.44. The van der Waals surface area contributed by atoms with Gasteiger partial charge in [-0.1, -0.05) is 54.5 Å². The number of hydrogen-bond donors (Lipinski definition) is 4. The number of fused-ring (bicyclic) bond motifs is 4. The number of carbonyl (C=O) groups excluding carboxylic acids is 1. The molecular weight excluding hydrogens is 502 g/mol. The van der Waals surface area contributed by atoms with Gasteiger partial charge in [-0.25, -0.2) is 14.6 Å². The number of carbonyl (C=O) groups is 1. The number of amides is 1. The average molecular weight is 530 g/mol. The van der Waals surface area contributed by atoms with E-state index in [1.165, 1.54) is 11.6 Å². The van der Waals surface area contributed by atoms with Crippen molar-refractivity contribution in [1.82, 2.24) is 24.4 Å². The molecule has 2 aromatic heterocycles. The topological polar surface area (TPSA) is 151 Å². The van der Waals surface area contributed by atoms with Crippen molar-refractivity contribution in [1.29, 1.82) is 0 Å². The first-order valence-corrected chi connectivity index (χ1v) is 12.4. The van der Waals surface area contributed by atoms with Crippen molar-refractivity contribution < 1.29 is 19.7 Å². The number of alkyl carbamates (subject to hydrolysis) is 1. The highest BCUT2D eigenvalue weighted by atomic mass is 16.5. The van der Waals surface area contributed by atoms with Crippen LogP contribution in [0.5, 0.6) is 0 Å². The second kappa shape index (κ2) is 10.6. The third kappa shape index (κ3) is 4.71. The molecular formula is C28H27N5O6. The molecule has 2 heterocycles. The summed E-state index contributed by atoms with van der Waals surface area (Å²) >= 11 is 0. The van der Waals surface area contributed by atoms with Crippen molar-refractivity contribution in [3.63, 3.8) is 0 Å². The van der Waals surface area contributed by atoms with Crippen molar-refractivity contribution in [2.75, 3.05) is 13.2 Å². The van der Waals surface area contributed by atoms with Gasteiger partial charge in [0, 0.05) is 19.5 Å². The molecule has 2 aromatic carbocycles. The van der Waals surface area contributed by atoms with E-state index in [1.54, 1.807) is 6.92 Å². The molecule has 2 atom stereocenters. The van der Waals surface area contributed by atoms with Gasteiger partial charge in [0.25, 0.3) is 5.56 Å². The molecule has 4 aromatic rings. The summed E-state index contributed by atoms with van der Waals surface area (Å²) < 4.78 is 7.95. The van der Waals surface area contributed by atoms with Crippen LogP contribution in [0, 0.1) is 11.8 Å². The third-order valence-corrected chi connectivity index (χ3v) is 6.88. The summed E-state index contributed by atoms with van der Waals surface area (Å²) in [5.74, 6) is 5.31. The molecule has 1 aliphatic carbocycles. The van der Waals surface area contributed by atoms with E-state index < -0.39 is 29.6 Å². The number of H-pyrrole nitrogens is 1. The fourth-order valence-electron chi connectivity index (χ4n) is 4.92. The summed E-state index contributed by atoms with van der Waals surface area (Å²) in [7, 11) is 1.43. The molecule has 39 heavy (non-hydrogen) atoms. The Kier molecular flexibility index (Phi) is 7.06. The largest absolute Gasteiger partial charge is 0.449 e. The molecule has 0 radical (unpaired) electrons. The predicted molar refractivity (Wildman–Crippen MR) is 143 cm³/mol. The first-order chi connectivity index (χ1) is 18.8. The SMILES string of the molecule is CC#CCn1c(C(O)C(O)CNC(=O)OCC2c3ccccc3-c3ccccc32)nc2c1c(=O)[nH]c(=O)n2C. The Balaban J connectivity index is 1.28. The minimum atomic E-state index is -1.60. The zero-order valence-corrected chi connectivity index (χ0v) is 21.3. The molecule has 0 saturated heterocycles. The van der Waals surface area contributed by atoms with Crippen LogP contribution < -0.4 is 16.6 Å². The van der Waals surface area contributed by atoms with Crippen LogP contribution in [-0.2, 0) is 18.3 Å². The van der Waals surface area contributed by atoms with E-state index >= 15 is 0 Å². The van der Waals surface area contributed by atoms with Crippen LogP contribution in [-0.4, -0.2) is 54.7 Å². The van der Waals surface area contributed by atoms with Crippen LogP contribution in [0.3, 0.4) is 0 Å². The summed E-state index contributed by atoms with van der Waals surface area (Å²) in [4.78, 5) is 43.5. The van der Waals surface area contributed by atoms with Crippen molar-refractivity contribution in [3.05, 3.63) is 86.3 Å². The second-order valence-electron chi connectivity index (χ2n) is 9.19. The number of ether oxygens (including phenoxy) is 1. The molecule has 0 fully saturated rings. The Hall–Kier alpha value is -4.66. The Morgan fingerprint density at radius 2 is 1.77 bits per heavy atom.